The van der Waals surface area contributed by atoms with E-state index in [0.717, 1.165) is 0 Å². The van der Waals surface area contributed by atoms with Crippen molar-refractivity contribution in [2.24, 2.45) is 0 Å². The molecule has 1 N–H and O–H groups in total. The monoisotopic (exact) mass is 338 g/mol. The fourth-order valence-corrected chi connectivity index (χ4v) is 2.51. The highest BCUT2D eigenvalue weighted by Crippen LogP contribution is 2.19. The fraction of sp³-hybridized carbons (Fsp3) is 0.111. The molecule has 7 heteroatoms. The number of benzene rings is 2. The zero-order chi connectivity index (χ0) is 18.0. The van der Waals surface area contributed by atoms with Gasteiger partial charge in [-0.3, -0.25) is 19.7 Å². The zero-order valence-electron chi connectivity index (χ0n) is 13.3. The van der Waals surface area contributed by atoms with Crippen molar-refractivity contribution >= 4 is 22.4 Å². The van der Waals surface area contributed by atoms with Gasteiger partial charge < -0.3 is 9.72 Å². The molecule has 0 unspecified atom stereocenters. The highest BCUT2D eigenvalue weighted by atomic mass is 16.6. The number of fused-ring (bicyclic) bond motifs is 1. The lowest BCUT2D eigenvalue weighted by molar-refractivity contribution is -0.384. The number of nitrogens with zero attached hydrogens (tertiary/aromatic N) is 1. The lowest BCUT2D eigenvalue weighted by Crippen LogP contribution is -2.16. The number of H-pyrrole nitrogens is 1. The molecule has 0 aliphatic heterocycles. The molecular weight excluding hydrogens is 324 g/mol. The predicted octanol–water partition coefficient (Wildman–Crippen LogP) is 3.07. The maximum Gasteiger partial charge on any atom is 0.269 e. The van der Waals surface area contributed by atoms with E-state index in [2.05, 4.69) is 4.98 Å². The minimum absolute atomic E-state index is 0.0324. The number of carbonyl (C=O) groups excluding carboxylic acids is 1. The van der Waals surface area contributed by atoms with Gasteiger partial charge in [0.2, 0.25) is 5.43 Å². The van der Waals surface area contributed by atoms with Gasteiger partial charge in [-0.2, -0.15) is 0 Å². The highest BCUT2D eigenvalue weighted by Gasteiger charge is 2.16. The van der Waals surface area contributed by atoms with E-state index in [4.69, 9.17) is 4.74 Å². The van der Waals surface area contributed by atoms with Crippen LogP contribution in [-0.4, -0.2) is 22.3 Å². The van der Waals surface area contributed by atoms with Crippen molar-refractivity contribution in [3.63, 3.8) is 0 Å². The van der Waals surface area contributed by atoms with Crippen LogP contribution in [0.1, 0.15) is 22.8 Å². The van der Waals surface area contributed by atoms with Crippen molar-refractivity contribution in [3.8, 4) is 5.75 Å². The highest BCUT2D eigenvalue weighted by molar-refractivity contribution is 6.10. The Labute approximate surface area is 142 Å². The number of ether oxygens (including phenoxy) is 1. The summed E-state index contributed by atoms with van der Waals surface area (Å²) in [6, 6.07) is 10.2. The van der Waals surface area contributed by atoms with Gasteiger partial charge in [0, 0.05) is 34.8 Å². The number of ketones is 1. The van der Waals surface area contributed by atoms with Crippen molar-refractivity contribution < 1.29 is 14.5 Å². The second kappa shape index (κ2) is 6.56. The van der Waals surface area contributed by atoms with E-state index < -0.39 is 16.1 Å². The molecule has 0 aliphatic carbocycles. The van der Waals surface area contributed by atoms with E-state index in [1.165, 1.54) is 30.5 Å². The average molecular weight is 338 g/mol. The van der Waals surface area contributed by atoms with Gasteiger partial charge >= 0.3 is 0 Å². The molecule has 3 aromatic rings. The van der Waals surface area contributed by atoms with E-state index >= 15 is 0 Å². The standard InChI is InChI=1S/C18H14N2O5/c1-2-25-13-7-8-16-14(9-13)18(22)15(10-19-16)17(21)11-3-5-12(6-4-11)20(23)24/h3-10H,2H2,1H3,(H,19,22). The van der Waals surface area contributed by atoms with Crippen LogP contribution in [0.2, 0.25) is 0 Å². The molecule has 0 spiro atoms. The van der Waals surface area contributed by atoms with Crippen molar-refractivity contribution in [2.45, 2.75) is 6.92 Å². The van der Waals surface area contributed by atoms with Crippen LogP contribution in [0.25, 0.3) is 10.9 Å². The molecule has 3 rings (SSSR count). The largest absolute Gasteiger partial charge is 0.494 e. The predicted molar refractivity (Wildman–Crippen MR) is 92.3 cm³/mol. The van der Waals surface area contributed by atoms with E-state index in [1.807, 2.05) is 6.92 Å². The maximum atomic E-state index is 12.7. The number of nitro groups is 1. The van der Waals surface area contributed by atoms with Gasteiger partial charge in [0.25, 0.3) is 5.69 Å². The molecule has 1 heterocycles. The number of nitrogens with one attached hydrogen (secondary N) is 1. The molecule has 0 fully saturated rings. The number of carbonyl (C=O) groups is 1. The molecule has 126 valence electrons. The SMILES string of the molecule is CCOc1ccc2[nH]cc(C(=O)c3ccc([N+](=O)[O-])cc3)c(=O)c2c1. The molecular formula is C18H14N2O5. The summed E-state index contributed by atoms with van der Waals surface area (Å²) in [4.78, 5) is 38.3. The van der Waals surface area contributed by atoms with Crippen LogP contribution in [-0.2, 0) is 0 Å². The van der Waals surface area contributed by atoms with Gasteiger partial charge in [-0.15, -0.1) is 0 Å². The van der Waals surface area contributed by atoms with Gasteiger partial charge in [-0.1, -0.05) is 0 Å². The van der Waals surface area contributed by atoms with E-state index in [0.29, 0.717) is 23.3 Å². The van der Waals surface area contributed by atoms with Gasteiger partial charge in [0.05, 0.1) is 17.1 Å². The molecule has 0 amide bonds. The second-order valence-electron chi connectivity index (χ2n) is 5.30. The number of rotatable bonds is 5. The summed E-state index contributed by atoms with van der Waals surface area (Å²) in [5.74, 6) is 0.0419. The second-order valence-corrected chi connectivity index (χ2v) is 5.30. The first-order chi connectivity index (χ1) is 12.0. The van der Waals surface area contributed by atoms with Gasteiger partial charge in [0.1, 0.15) is 5.75 Å². The third-order valence-electron chi connectivity index (χ3n) is 3.75. The average Bonchev–Trinajstić information content (AvgIpc) is 2.62. The first-order valence-electron chi connectivity index (χ1n) is 7.58. The third kappa shape index (κ3) is 3.12. The Bertz CT molecular complexity index is 1020. The Morgan fingerprint density at radius 1 is 1.20 bits per heavy atom. The quantitative estimate of drug-likeness (QED) is 0.437. The lowest BCUT2D eigenvalue weighted by atomic mass is 10.0. The smallest absolute Gasteiger partial charge is 0.269 e. The van der Waals surface area contributed by atoms with Crippen LogP contribution in [0.4, 0.5) is 5.69 Å². The third-order valence-corrected chi connectivity index (χ3v) is 3.75. The Balaban J connectivity index is 2.05. The van der Waals surface area contributed by atoms with E-state index in [9.17, 15) is 19.7 Å². The van der Waals surface area contributed by atoms with E-state index in [-0.39, 0.29) is 16.8 Å². The first kappa shape index (κ1) is 16.4. The van der Waals surface area contributed by atoms with Gasteiger partial charge in [0.15, 0.2) is 5.78 Å². The summed E-state index contributed by atoms with van der Waals surface area (Å²) in [7, 11) is 0. The minimum Gasteiger partial charge on any atom is -0.494 e. The summed E-state index contributed by atoms with van der Waals surface area (Å²) < 4.78 is 5.39. The maximum absolute atomic E-state index is 12.7. The molecule has 0 saturated heterocycles. The van der Waals surface area contributed by atoms with E-state index in [1.54, 1.807) is 18.2 Å². The number of non-ortho nitro benzene ring substituents is 1. The molecule has 2 aromatic carbocycles. The first-order valence-corrected chi connectivity index (χ1v) is 7.58. The fourth-order valence-electron chi connectivity index (χ4n) is 2.51. The molecule has 25 heavy (non-hydrogen) atoms. The van der Waals surface area contributed by atoms with Crippen molar-refractivity contribution in [1.29, 1.82) is 0 Å². The van der Waals surface area contributed by atoms with Crippen molar-refractivity contribution in [1.82, 2.24) is 4.98 Å². The van der Waals surface area contributed by atoms with Crippen molar-refractivity contribution in [3.05, 3.63) is 80.1 Å². The van der Waals surface area contributed by atoms with Crippen molar-refractivity contribution in [2.75, 3.05) is 6.61 Å². The number of nitro benzene ring substituents is 1. The Kier molecular flexibility index (Phi) is 4.30. The number of pyridine rings is 1. The summed E-state index contributed by atoms with van der Waals surface area (Å²) in [6.07, 6.45) is 1.36. The summed E-state index contributed by atoms with van der Waals surface area (Å²) >= 11 is 0. The van der Waals surface area contributed by atoms with Crippen LogP contribution in [0.15, 0.2) is 53.5 Å². The zero-order valence-corrected chi connectivity index (χ0v) is 13.3. The summed E-state index contributed by atoms with van der Waals surface area (Å²) in [5.41, 5.74) is 0.226. The molecule has 0 atom stereocenters. The molecule has 1 aromatic heterocycles. The van der Waals surface area contributed by atoms with Crippen LogP contribution >= 0.6 is 0 Å². The molecule has 0 aliphatic rings. The van der Waals surface area contributed by atoms with Gasteiger partial charge in [-0.25, -0.2) is 0 Å². The topological polar surface area (TPSA) is 102 Å². The summed E-state index contributed by atoms with van der Waals surface area (Å²) in [5, 5.41) is 11.0. The Hall–Kier alpha value is -3.48. The summed E-state index contributed by atoms with van der Waals surface area (Å²) in [6.45, 7) is 2.30. The number of hydrogen-bond donors (Lipinski definition) is 1. The number of aromatic amines is 1. The normalized spacial score (nSPS) is 10.6. The van der Waals surface area contributed by atoms with Crippen LogP contribution in [0.3, 0.4) is 0 Å². The lowest BCUT2D eigenvalue weighted by Gasteiger charge is -2.06. The number of aromatic nitrogens is 1. The van der Waals surface area contributed by atoms with Crippen LogP contribution in [0, 0.1) is 10.1 Å². The van der Waals surface area contributed by atoms with Crippen LogP contribution < -0.4 is 10.2 Å². The van der Waals surface area contributed by atoms with Crippen LogP contribution in [0.5, 0.6) is 5.75 Å². The van der Waals surface area contributed by atoms with Gasteiger partial charge in [-0.05, 0) is 37.3 Å². The molecule has 7 nitrogen and oxygen atoms in total. The Morgan fingerprint density at radius 2 is 1.92 bits per heavy atom. The molecule has 0 saturated carbocycles. The molecule has 0 bridgehead atoms. The minimum atomic E-state index is -0.549. The Morgan fingerprint density at radius 3 is 2.56 bits per heavy atom. The number of hydrogen-bond acceptors (Lipinski definition) is 5. The molecule has 0 radical (unpaired) electrons.